The van der Waals surface area contributed by atoms with E-state index in [-0.39, 0.29) is 5.91 Å². The van der Waals surface area contributed by atoms with Crippen LogP contribution in [0.25, 0.3) is 0 Å². The van der Waals surface area contributed by atoms with Gasteiger partial charge in [-0.05, 0) is 61.0 Å². The number of hydrogen-bond donors (Lipinski definition) is 2. The minimum atomic E-state index is -0.434. The maximum Gasteiger partial charge on any atom is 0.246 e. The molecule has 3 aromatic carbocycles. The molecule has 3 aromatic rings. The van der Waals surface area contributed by atoms with Gasteiger partial charge >= 0.3 is 0 Å². The summed E-state index contributed by atoms with van der Waals surface area (Å²) < 4.78 is 0. The molecule has 172 valence electrons. The van der Waals surface area contributed by atoms with Crippen LogP contribution in [0.2, 0.25) is 5.02 Å². The molecule has 1 saturated heterocycles. The van der Waals surface area contributed by atoms with E-state index in [9.17, 15) is 4.79 Å². The number of nitrogens with one attached hydrogen (secondary N) is 2. The third-order valence-electron chi connectivity index (χ3n) is 6.07. The Kier molecular flexibility index (Phi) is 8.00. The molecule has 33 heavy (non-hydrogen) atoms. The van der Waals surface area contributed by atoms with Gasteiger partial charge in [0.1, 0.15) is 6.04 Å². The minimum Gasteiger partial charge on any atom is -0.369 e. The Morgan fingerprint density at radius 3 is 2.24 bits per heavy atom. The lowest BCUT2D eigenvalue weighted by molar-refractivity contribution is -0.118. The fraction of sp³-hybridized carbons (Fsp3) is 0.296. The molecule has 5 nitrogen and oxygen atoms in total. The van der Waals surface area contributed by atoms with Gasteiger partial charge < -0.3 is 20.4 Å². The lowest BCUT2D eigenvalue weighted by atomic mass is 10.1. The van der Waals surface area contributed by atoms with E-state index in [0.717, 1.165) is 48.9 Å². The van der Waals surface area contributed by atoms with Crippen LogP contribution in [-0.4, -0.2) is 50.6 Å². The Balaban J connectivity index is 1.39. The van der Waals surface area contributed by atoms with E-state index in [2.05, 4.69) is 39.6 Å². The fourth-order valence-electron chi connectivity index (χ4n) is 4.05. The highest BCUT2D eigenvalue weighted by Crippen LogP contribution is 2.21. The number of amides is 1. The van der Waals surface area contributed by atoms with Crippen molar-refractivity contribution >= 4 is 28.9 Å². The van der Waals surface area contributed by atoms with Crippen molar-refractivity contribution in [1.29, 1.82) is 0 Å². The van der Waals surface area contributed by atoms with Gasteiger partial charge in [-0.2, -0.15) is 0 Å². The summed E-state index contributed by atoms with van der Waals surface area (Å²) in [5.41, 5.74) is 4.12. The maximum absolute atomic E-state index is 13.2. The zero-order valence-electron chi connectivity index (χ0n) is 19.0. The standard InChI is InChI=1S/C27H31ClN4O/c1-31-17-19-32(20-18-31)25-13-11-24(12-14-25)30-27(33)26(22-5-3-2-4-6-22)29-16-15-21-7-9-23(28)10-8-21/h2-14,26,29H,15-20H2,1H3,(H,30,33)/t26-/m1/s1. The zero-order chi connectivity index (χ0) is 23.0. The summed E-state index contributed by atoms with van der Waals surface area (Å²) in [7, 11) is 2.16. The molecule has 1 fully saturated rings. The maximum atomic E-state index is 13.2. The number of carbonyl (C=O) groups is 1. The van der Waals surface area contributed by atoms with E-state index in [1.54, 1.807) is 0 Å². The van der Waals surface area contributed by atoms with Crippen LogP contribution in [0.3, 0.4) is 0 Å². The Morgan fingerprint density at radius 1 is 0.909 bits per heavy atom. The molecule has 0 bridgehead atoms. The first kappa shape index (κ1) is 23.3. The van der Waals surface area contributed by atoms with Crippen LogP contribution >= 0.6 is 11.6 Å². The number of anilines is 2. The second-order valence-corrected chi connectivity index (χ2v) is 8.94. The first-order chi connectivity index (χ1) is 16.1. The van der Waals surface area contributed by atoms with Crippen LogP contribution in [0.1, 0.15) is 17.2 Å². The van der Waals surface area contributed by atoms with Crippen molar-refractivity contribution in [3.8, 4) is 0 Å². The lowest BCUT2D eigenvalue weighted by Crippen LogP contribution is -2.44. The zero-order valence-corrected chi connectivity index (χ0v) is 19.8. The number of likely N-dealkylation sites (N-methyl/N-ethyl adjacent to an activating group) is 1. The molecular formula is C27H31ClN4O. The van der Waals surface area contributed by atoms with Crippen molar-refractivity contribution in [2.45, 2.75) is 12.5 Å². The van der Waals surface area contributed by atoms with E-state index in [1.165, 1.54) is 11.3 Å². The summed E-state index contributed by atoms with van der Waals surface area (Å²) in [4.78, 5) is 17.9. The van der Waals surface area contributed by atoms with Crippen molar-refractivity contribution in [1.82, 2.24) is 10.2 Å². The average molecular weight is 463 g/mol. The molecule has 0 spiro atoms. The SMILES string of the molecule is CN1CCN(c2ccc(NC(=O)[C@H](NCCc3ccc(Cl)cc3)c3ccccc3)cc2)CC1. The fourth-order valence-corrected chi connectivity index (χ4v) is 4.18. The Labute approximate surface area is 201 Å². The second-order valence-electron chi connectivity index (χ2n) is 8.50. The smallest absolute Gasteiger partial charge is 0.246 e. The summed E-state index contributed by atoms with van der Waals surface area (Å²) >= 11 is 5.98. The molecule has 4 rings (SSSR count). The number of hydrogen-bond acceptors (Lipinski definition) is 4. The van der Waals surface area contributed by atoms with Crippen LogP contribution in [0, 0.1) is 0 Å². The molecule has 0 aromatic heterocycles. The number of piperazine rings is 1. The Morgan fingerprint density at radius 2 is 1.58 bits per heavy atom. The largest absolute Gasteiger partial charge is 0.369 e. The van der Waals surface area contributed by atoms with Crippen molar-refractivity contribution < 1.29 is 4.79 Å². The molecule has 1 aliphatic rings. The van der Waals surface area contributed by atoms with Crippen molar-refractivity contribution in [3.05, 3.63) is 95.0 Å². The first-order valence-corrected chi connectivity index (χ1v) is 11.8. The monoisotopic (exact) mass is 462 g/mol. The van der Waals surface area contributed by atoms with Gasteiger partial charge in [-0.1, -0.05) is 54.1 Å². The summed E-state index contributed by atoms with van der Waals surface area (Å²) in [6.45, 7) is 4.86. The quantitative estimate of drug-likeness (QED) is 0.513. The topological polar surface area (TPSA) is 47.6 Å². The normalized spacial score (nSPS) is 15.3. The highest BCUT2D eigenvalue weighted by atomic mass is 35.5. The third-order valence-corrected chi connectivity index (χ3v) is 6.33. The summed E-state index contributed by atoms with van der Waals surface area (Å²) in [6, 6.07) is 25.4. The van der Waals surface area contributed by atoms with E-state index in [4.69, 9.17) is 11.6 Å². The molecule has 1 atom stereocenters. The first-order valence-electron chi connectivity index (χ1n) is 11.5. The van der Waals surface area contributed by atoms with Gasteiger partial charge in [-0.3, -0.25) is 4.79 Å². The van der Waals surface area contributed by atoms with Crippen LogP contribution in [0.4, 0.5) is 11.4 Å². The highest BCUT2D eigenvalue weighted by molar-refractivity contribution is 6.30. The van der Waals surface area contributed by atoms with Gasteiger partial charge in [0.2, 0.25) is 5.91 Å². The number of halogens is 1. The van der Waals surface area contributed by atoms with Crippen LogP contribution in [0.5, 0.6) is 0 Å². The Hall–Kier alpha value is -2.86. The van der Waals surface area contributed by atoms with E-state index >= 15 is 0 Å². The highest BCUT2D eigenvalue weighted by Gasteiger charge is 2.20. The van der Waals surface area contributed by atoms with Gasteiger partial charge in [0.05, 0.1) is 0 Å². The van der Waals surface area contributed by atoms with Crippen molar-refractivity contribution in [2.24, 2.45) is 0 Å². The van der Waals surface area contributed by atoms with Gasteiger partial charge in [0.25, 0.3) is 0 Å². The molecule has 0 aliphatic carbocycles. The van der Waals surface area contributed by atoms with Gasteiger partial charge in [-0.25, -0.2) is 0 Å². The molecule has 6 heteroatoms. The molecule has 0 unspecified atom stereocenters. The van der Waals surface area contributed by atoms with E-state index in [1.807, 2.05) is 66.7 Å². The third kappa shape index (κ3) is 6.57. The minimum absolute atomic E-state index is 0.0651. The number of nitrogens with zero attached hydrogens (tertiary/aromatic N) is 2. The molecule has 1 aliphatic heterocycles. The predicted molar refractivity (Wildman–Crippen MR) is 137 cm³/mol. The van der Waals surface area contributed by atoms with Crippen LogP contribution in [0.15, 0.2) is 78.9 Å². The van der Waals surface area contributed by atoms with Crippen LogP contribution in [-0.2, 0) is 11.2 Å². The number of benzene rings is 3. The van der Waals surface area contributed by atoms with Gasteiger partial charge in [-0.15, -0.1) is 0 Å². The van der Waals surface area contributed by atoms with Gasteiger partial charge in [0, 0.05) is 49.1 Å². The molecule has 1 heterocycles. The predicted octanol–water partition coefficient (Wildman–Crippen LogP) is 4.60. The molecule has 2 N–H and O–H groups in total. The number of carbonyl (C=O) groups excluding carboxylic acids is 1. The van der Waals surface area contributed by atoms with Crippen molar-refractivity contribution in [2.75, 3.05) is 50.0 Å². The summed E-state index contributed by atoms with van der Waals surface area (Å²) in [5.74, 6) is -0.0651. The lowest BCUT2D eigenvalue weighted by Gasteiger charge is -2.34. The molecule has 1 amide bonds. The van der Waals surface area contributed by atoms with Gasteiger partial charge in [0.15, 0.2) is 0 Å². The summed E-state index contributed by atoms with van der Waals surface area (Å²) in [5, 5.41) is 7.25. The summed E-state index contributed by atoms with van der Waals surface area (Å²) in [6.07, 6.45) is 0.813. The molecule has 0 saturated carbocycles. The van der Waals surface area contributed by atoms with Crippen LogP contribution < -0.4 is 15.5 Å². The van der Waals surface area contributed by atoms with E-state index < -0.39 is 6.04 Å². The average Bonchev–Trinajstić information content (AvgIpc) is 2.84. The number of rotatable bonds is 8. The Bertz CT molecular complexity index is 1020. The molecule has 0 radical (unpaired) electrons. The molecular weight excluding hydrogens is 432 g/mol. The van der Waals surface area contributed by atoms with E-state index in [0.29, 0.717) is 6.54 Å². The van der Waals surface area contributed by atoms with Crippen molar-refractivity contribution in [3.63, 3.8) is 0 Å². The second kappa shape index (κ2) is 11.3.